The Bertz CT molecular complexity index is 1150. The number of non-ortho nitro benzene ring substituents is 1. The molecule has 0 fully saturated rings. The molecule has 3 amide bonds. The van der Waals surface area contributed by atoms with Crippen molar-refractivity contribution in [3.8, 4) is 0 Å². The van der Waals surface area contributed by atoms with Crippen LogP contribution in [0.3, 0.4) is 0 Å². The first kappa shape index (κ1) is 24.1. The highest BCUT2D eigenvalue weighted by Crippen LogP contribution is 2.21. The summed E-state index contributed by atoms with van der Waals surface area (Å²) in [4.78, 5) is 48.0. The number of hydrogen-bond acceptors (Lipinski definition) is 5. The lowest BCUT2D eigenvalue weighted by Gasteiger charge is -2.20. The van der Waals surface area contributed by atoms with Crippen LogP contribution < -0.4 is 16.4 Å². The van der Waals surface area contributed by atoms with Gasteiger partial charge in [0.15, 0.2) is 0 Å². The Morgan fingerprint density at radius 3 is 1.85 bits per heavy atom. The maximum Gasteiger partial charge on any atom is 0.269 e. The average Bonchev–Trinajstić information content (AvgIpc) is 2.85. The Hall–Kier alpha value is -4.53. The Kier molecular flexibility index (Phi) is 8.07. The molecule has 3 aromatic carbocycles. The number of nitro groups is 1. The van der Waals surface area contributed by atoms with Crippen LogP contribution in [0.4, 0.5) is 5.69 Å². The number of nitrogens with two attached hydrogens (primary N) is 1. The molecule has 0 saturated carbocycles. The van der Waals surface area contributed by atoms with Crippen LogP contribution in [0.5, 0.6) is 0 Å². The summed E-state index contributed by atoms with van der Waals surface area (Å²) in [6.07, 6.45) is 0. The van der Waals surface area contributed by atoms with E-state index < -0.39 is 28.6 Å². The van der Waals surface area contributed by atoms with Gasteiger partial charge in [-0.1, -0.05) is 60.7 Å². The zero-order valence-electron chi connectivity index (χ0n) is 18.2. The second-order valence-electron chi connectivity index (χ2n) is 7.59. The second-order valence-corrected chi connectivity index (χ2v) is 7.59. The third-order valence-corrected chi connectivity index (χ3v) is 5.35. The van der Waals surface area contributed by atoms with Crippen LogP contribution in [0.1, 0.15) is 33.3 Å². The van der Waals surface area contributed by atoms with Gasteiger partial charge >= 0.3 is 0 Å². The van der Waals surface area contributed by atoms with Gasteiger partial charge in [0, 0.05) is 30.8 Å². The van der Waals surface area contributed by atoms with Crippen LogP contribution in [0.25, 0.3) is 0 Å². The van der Waals surface area contributed by atoms with Gasteiger partial charge in [0.25, 0.3) is 11.6 Å². The summed E-state index contributed by atoms with van der Waals surface area (Å²) in [6.45, 7) is -0.0851. The number of amides is 3. The fraction of sp³-hybridized carbons (Fsp3) is 0.160. The number of hydrogen-bond donors (Lipinski definition) is 3. The Morgan fingerprint density at radius 1 is 0.765 bits per heavy atom. The topological polar surface area (TPSA) is 144 Å². The standard InChI is InChI=1S/C25H24N4O5/c26-23(30)21(17-7-3-1-4-8-17)15-28-25(32)22(18-11-13-20(14-12-18)29(33)34)16-27-24(31)19-9-5-2-6-10-19/h1-14,21-22H,15-16H2,(H2,26,30)(H,27,31)(H,28,32)/t21?,22-/m0/s1. The van der Waals surface area contributed by atoms with E-state index in [-0.39, 0.29) is 24.7 Å². The average molecular weight is 460 g/mol. The van der Waals surface area contributed by atoms with Crippen molar-refractivity contribution in [2.24, 2.45) is 5.73 Å². The number of nitrogens with one attached hydrogen (secondary N) is 2. The molecule has 0 radical (unpaired) electrons. The first-order chi connectivity index (χ1) is 16.4. The zero-order chi connectivity index (χ0) is 24.5. The highest BCUT2D eigenvalue weighted by molar-refractivity contribution is 5.95. The maximum absolute atomic E-state index is 13.1. The van der Waals surface area contributed by atoms with Crippen LogP contribution in [0, 0.1) is 10.1 Å². The molecule has 0 aromatic heterocycles. The zero-order valence-corrected chi connectivity index (χ0v) is 18.2. The minimum Gasteiger partial charge on any atom is -0.369 e. The van der Waals surface area contributed by atoms with E-state index in [9.17, 15) is 24.5 Å². The van der Waals surface area contributed by atoms with E-state index in [0.29, 0.717) is 16.7 Å². The lowest BCUT2D eigenvalue weighted by molar-refractivity contribution is -0.384. The molecular weight excluding hydrogens is 436 g/mol. The van der Waals surface area contributed by atoms with Crippen LogP contribution >= 0.6 is 0 Å². The summed E-state index contributed by atoms with van der Waals surface area (Å²) in [5.74, 6) is -2.99. The SMILES string of the molecule is NC(=O)C(CNC(=O)[C@@H](CNC(=O)c1ccccc1)c1ccc([N+](=O)[O-])cc1)c1ccccc1. The van der Waals surface area contributed by atoms with Gasteiger partial charge in [-0.3, -0.25) is 24.5 Å². The largest absolute Gasteiger partial charge is 0.369 e. The van der Waals surface area contributed by atoms with E-state index in [2.05, 4.69) is 10.6 Å². The number of carbonyl (C=O) groups is 3. The van der Waals surface area contributed by atoms with Crippen molar-refractivity contribution in [1.82, 2.24) is 10.6 Å². The van der Waals surface area contributed by atoms with E-state index in [1.54, 1.807) is 60.7 Å². The van der Waals surface area contributed by atoms with E-state index >= 15 is 0 Å². The maximum atomic E-state index is 13.1. The van der Waals surface area contributed by atoms with Crippen molar-refractivity contribution in [2.45, 2.75) is 11.8 Å². The van der Waals surface area contributed by atoms with E-state index in [1.807, 2.05) is 0 Å². The summed E-state index contributed by atoms with van der Waals surface area (Å²) >= 11 is 0. The van der Waals surface area contributed by atoms with Crippen LogP contribution in [0.15, 0.2) is 84.9 Å². The number of rotatable bonds is 10. The minimum absolute atomic E-state index is 0.0334. The number of primary amides is 1. The molecule has 9 heteroatoms. The van der Waals surface area contributed by atoms with E-state index in [1.165, 1.54) is 24.3 Å². The predicted octanol–water partition coefficient (Wildman–Crippen LogP) is 2.49. The molecule has 3 aromatic rings. The molecule has 34 heavy (non-hydrogen) atoms. The third kappa shape index (κ3) is 6.26. The van der Waals surface area contributed by atoms with Crippen molar-refractivity contribution >= 4 is 23.4 Å². The third-order valence-electron chi connectivity index (χ3n) is 5.35. The highest BCUT2D eigenvalue weighted by atomic mass is 16.6. The molecule has 9 nitrogen and oxygen atoms in total. The van der Waals surface area contributed by atoms with Gasteiger partial charge < -0.3 is 16.4 Å². The number of benzene rings is 3. The van der Waals surface area contributed by atoms with Crippen molar-refractivity contribution in [3.63, 3.8) is 0 Å². The number of carbonyl (C=O) groups excluding carboxylic acids is 3. The smallest absolute Gasteiger partial charge is 0.269 e. The summed E-state index contributed by atoms with van der Waals surface area (Å²) in [5.41, 5.74) is 7.00. The van der Waals surface area contributed by atoms with Gasteiger partial charge in [0.2, 0.25) is 11.8 Å². The van der Waals surface area contributed by atoms with Crippen LogP contribution in [-0.4, -0.2) is 35.7 Å². The number of nitro benzene ring substituents is 1. The molecule has 0 heterocycles. The second kappa shape index (κ2) is 11.4. The Balaban J connectivity index is 1.77. The lowest BCUT2D eigenvalue weighted by Crippen LogP contribution is -2.40. The highest BCUT2D eigenvalue weighted by Gasteiger charge is 2.25. The van der Waals surface area contributed by atoms with Crippen molar-refractivity contribution in [2.75, 3.05) is 13.1 Å². The molecule has 174 valence electrons. The molecule has 0 bridgehead atoms. The van der Waals surface area contributed by atoms with Gasteiger partial charge in [-0.2, -0.15) is 0 Å². The summed E-state index contributed by atoms with van der Waals surface area (Å²) < 4.78 is 0. The van der Waals surface area contributed by atoms with Gasteiger partial charge in [-0.05, 0) is 23.3 Å². The van der Waals surface area contributed by atoms with Gasteiger partial charge in [-0.15, -0.1) is 0 Å². The quantitative estimate of drug-likeness (QED) is 0.314. The van der Waals surface area contributed by atoms with Gasteiger partial charge in [-0.25, -0.2) is 0 Å². The summed E-state index contributed by atoms with van der Waals surface area (Å²) in [7, 11) is 0. The normalized spacial score (nSPS) is 12.2. The Morgan fingerprint density at radius 2 is 1.29 bits per heavy atom. The molecule has 0 aliphatic rings. The monoisotopic (exact) mass is 460 g/mol. The molecule has 0 aliphatic heterocycles. The Labute approximate surface area is 196 Å². The molecule has 1 unspecified atom stereocenters. The molecule has 3 rings (SSSR count). The summed E-state index contributed by atoms with van der Waals surface area (Å²) in [6, 6.07) is 22.9. The fourth-order valence-electron chi connectivity index (χ4n) is 3.47. The van der Waals surface area contributed by atoms with Crippen molar-refractivity contribution in [3.05, 3.63) is 112 Å². The minimum atomic E-state index is -0.849. The summed E-state index contributed by atoms with van der Waals surface area (Å²) in [5, 5.41) is 16.5. The van der Waals surface area contributed by atoms with E-state index in [0.717, 1.165) is 0 Å². The molecule has 2 atom stereocenters. The fourth-order valence-corrected chi connectivity index (χ4v) is 3.47. The van der Waals surface area contributed by atoms with Crippen LogP contribution in [-0.2, 0) is 9.59 Å². The first-order valence-corrected chi connectivity index (χ1v) is 10.6. The van der Waals surface area contributed by atoms with Crippen molar-refractivity contribution < 1.29 is 19.3 Å². The molecular formula is C25H24N4O5. The molecule has 0 spiro atoms. The molecule has 4 N–H and O–H groups in total. The predicted molar refractivity (Wildman–Crippen MR) is 126 cm³/mol. The van der Waals surface area contributed by atoms with Crippen molar-refractivity contribution in [1.29, 1.82) is 0 Å². The lowest BCUT2D eigenvalue weighted by atomic mass is 9.95. The first-order valence-electron chi connectivity index (χ1n) is 10.6. The van der Waals surface area contributed by atoms with E-state index in [4.69, 9.17) is 5.73 Å². The molecule has 0 aliphatic carbocycles. The molecule has 0 saturated heterocycles. The van der Waals surface area contributed by atoms with Gasteiger partial charge in [0.05, 0.1) is 16.8 Å². The van der Waals surface area contributed by atoms with Crippen LogP contribution in [0.2, 0.25) is 0 Å². The number of nitrogens with zero attached hydrogens (tertiary/aromatic N) is 1. The van der Waals surface area contributed by atoms with Gasteiger partial charge in [0.1, 0.15) is 0 Å².